The summed E-state index contributed by atoms with van der Waals surface area (Å²) in [6.45, 7) is 1.68. The molecule has 0 unspecified atom stereocenters. The average molecular weight is 354 g/mol. The van der Waals surface area contributed by atoms with E-state index < -0.39 is 9.84 Å². The van der Waals surface area contributed by atoms with Crippen molar-refractivity contribution in [2.45, 2.75) is 18.2 Å². The number of hydrazone groups is 1. The largest absolute Gasteiger partial charge is 0.375 e. The van der Waals surface area contributed by atoms with Gasteiger partial charge in [-0.25, -0.2) is 8.42 Å². The minimum Gasteiger partial charge on any atom is -0.375 e. The molecule has 3 N–H and O–H groups in total. The van der Waals surface area contributed by atoms with E-state index in [1.54, 1.807) is 6.92 Å². The molecule has 0 aliphatic rings. The van der Waals surface area contributed by atoms with E-state index >= 15 is 0 Å². The van der Waals surface area contributed by atoms with Crippen LogP contribution in [0.15, 0.2) is 28.2 Å². The second-order valence-electron chi connectivity index (χ2n) is 3.97. The maximum atomic E-state index is 12.1. The second kappa shape index (κ2) is 7.21. The fraction of sp³-hybridized carbons (Fsp3) is 0.273. The number of nitrogens with two attached hydrogens (primary N) is 1. The number of rotatable bonds is 5. The lowest BCUT2D eigenvalue weighted by atomic mass is 10.3. The average Bonchev–Trinajstić information content (AvgIpc) is 2.37. The summed E-state index contributed by atoms with van der Waals surface area (Å²) < 4.78 is 24.2. The Hall–Kier alpha value is -0.890. The first kappa shape index (κ1) is 17.2. The van der Waals surface area contributed by atoms with Crippen LogP contribution in [0.3, 0.4) is 0 Å². The fourth-order valence-electron chi connectivity index (χ4n) is 1.28. The van der Waals surface area contributed by atoms with Crippen molar-refractivity contribution in [1.29, 1.82) is 0 Å². The maximum absolute atomic E-state index is 12.1. The van der Waals surface area contributed by atoms with Crippen molar-refractivity contribution in [3.05, 3.63) is 28.2 Å². The summed E-state index contributed by atoms with van der Waals surface area (Å²) in [5.41, 5.74) is 8.18. The summed E-state index contributed by atoms with van der Waals surface area (Å²) in [6.07, 6.45) is 0.248. The van der Waals surface area contributed by atoms with Gasteiger partial charge in [-0.05, 0) is 37.3 Å². The fourth-order valence-corrected chi connectivity index (χ4v) is 3.06. The first-order chi connectivity index (χ1) is 9.22. The van der Waals surface area contributed by atoms with Gasteiger partial charge in [-0.15, -0.1) is 0 Å². The van der Waals surface area contributed by atoms with Crippen LogP contribution >= 0.6 is 35.4 Å². The summed E-state index contributed by atoms with van der Waals surface area (Å²) in [7, 11) is -3.45. The zero-order valence-electron chi connectivity index (χ0n) is 10.6. The van der Waals surface area contributed by atoms with Crippen LogP contribution in [-0.4, -0.2) is 25.0 Å². The third-order valence-corrected chi connectivity index (χ3v) is 4.88. The maximum Gasteiger partial charge on any atom is 0.184 e. The number of thiocarbonyl (C=S) groups is 1. The molecule has 0 fully saturated rings. The molecule has 5 nitrogen and oxygen atoms in total. The molecule has 0 saturated carbocycles. The molecule has 0 amide bonds. The third kappa shape index (κ3) is 5.24. The molecule has 1 rings (SSSR count). The Morgan fingerprint density at radius 1 is 1.40 bits per heavy atom. The third-order valence-electron chi connectivity index (χ3n) is 2.34. The van der Waals surface area contributed by atoms with Crippen molar-refractivity contribution < 1.29 is 8.42 Å². The number of nitrogens with zero attached hydrogens (tertiary/aromatic N) is 1. The molecule has 0 spiro atoms. The normalized spacial score (nSPS) is 12.2. The summed E-state index contributed by atoms with van der Waals surface area (Å²) >= 11 is 16.1. The van der Waals surface area contributed by atoms with Gasteiger partial charge in [0, 0.05) is 12.1 Å². The molecular weight excluding hydrogens is 341 g/mol. The Morgan fingerprint density at radius 2 is 2.05 bits per heavy atom. The predicted molar refractivity (Wildman–Crippen MR) is 86.2 cm³/mol. The van der Waals surface area contributed by atoms with Crippen LogP contribution < -0.4 is 11.2 Å². The zero-order chi connectivity index (χ0) is 15.3. The van der Waals surface area contributed by atoms with Gasteiger partial charge in [0.2, 0.25) is 0 Å². The first-order valence-corrected chi connectivity index (χ1v) is 8.30. The van der Waals surface area contributed by atoms with Gasteiger partial charge < -0.3 is 5.73 Å². The van der Waals surface area contributed by atoms with Crippen molar-refractivity contribution >= 4 is 56.1 Å². The van der Waals surface area contributed by atoms with E-state index in [-0.39, 0.29) is 27.2 Å². The lowest BCUT2D eigenvalue weighted by molar-refractivity contribution is 0.596. The minimum absolute atomic E-state index is 0.0247. The molecule has 20 heavy (non-hydrogen) atoms. The predicted octanol–water partition coefficient (Wildman–Crippen LogP) is 2.37. The Labute approximate surface area is 133 Å². The van der Waals surface area contributed by atoms with Crippen LogP contribution in [0.2, 0.25) is 10.0 Å². The molecule has 1 aromatic carbocycles. The second-order valence-corrected chi connectivity index (χ2v) is 7.33. The highest BCUT2D eigenvalue weighted by Gasteiger charge is 2.16. The molecule has 0 heterocycles. The topological polar surface area (TPSA) is 84.5 Å². The molecule has 110 valence electrons. The number of sulfone groups is 1. The minimum atomic E-state index is -3.45. The van der Waals surface area contributed by atoms with E-state index in [9.17, 15) is 8.42 Å². The van der Waals surface area contributed by atoms with Crippen molar-refractivity contribution in [2.75, 3.05) is 5.75 Å². The van der Waals surface area contributed by atoms with Gasteiger partial charge in [-0.1, -0.05) is 23.2 Å². The van der Waals surface area contributed by atoms with Gasteiger partial charge in [0.05, 0.1) is 20.7 Å². The zero-order valence-corrected chi connectivity index (χ0v) is 13.7. The van der Waals surface area contributed by atoms with Gasteiger partial charge in [0.25, 0.3) is 0 Å². The van der Waals surface area contributed by atoms with Crippen molar-refractivity contribution in [1.82, 2.24) is 5.43 Å². The van der Waals surface area contributed by atoms with Crippen molar-refractivity contribution in [3.8, 4) is 0 Å². The smallest absolute Gasteiger partial charge is 0.184 e. The lowest BCUT2D eigenvalue weighted by Crippen LogP contribution is -2.25. The van der Waals surface area contributed by atoms with Crippen LogP contribution in [-0.2, 0) is 9.84 Å². The molecule has 1 aromatic rings. The van der Waals surface area contributed by atoms with Gasteiger partial charge >= 0.3 is 0 Å². The van der Waals surface area contributed by atoms with E-state index in [2.05, 4.69) is 22.7 Å². The first-order valence-electron chi connectivity index (χ1n) is 5.49. The summed E-state index contributed by atoms with van der Waals surface area (Å²) in [5.74, 6) is -0.0979. The van der Waals surface area contributed by atoms with E-state index in [4.69, 9.17) is 28.9 Å². The van der Waals surface area contributed by atoms with Gasteiger partial charge in [0.15, 0.2) is 14.9 Å². The number of hydrogen-bond donors (Lipinski definition) is 2. The highest BCUT2D eigenvalue weighted by Crippen LogP contribution is 2.25. The molecule has 0 bridgehead atoms. The summed E-state index contributed by atoms with van der Waals surface area (Å²) in [6, 6.07) is 4.20. The van der Waals surface area contributed by atoms with Gasteiger partial charge in [0.1, 0.15) is 0 Å². The van der Waals surface area contributed by atoms with Crippen LogP contribution in [0.4, 0.5) is 0 Å². The van der Waals surface area contributed by atoms with Crippen molar-refractivity contribution in [2.24, 2.45) is 10.8 Å². The molecule has 0 atom stereocenters. The Kier molecular flexibility index (Phi) is 6.19. The highest BCUT2D eigenvalue weighted by atomic mass is 35.5. The van der Waals surface area contributed by atoms with E-state index in [0.717, 1.165) is 0 Å². The SMILES string of the molecule is CC(CCS(=O)(=O)c1ccc(Cl)c(Cl)c1)=NNC(N)=S. The van der Waals surface area contributed by atoms with E-state index in [1.165, 1.54) is 18.2 Å². The standard InChI is InChI=1S/C11H13Cl2N3O2S2/c1-7(15-16-11(14)19)4-5-20(17,18)8-2-3-9(12)10(13)6-8/h2-3,6H,4-5H2,1H3,(H3,14,16,19). The Balaban J connectivity index is 2.77. The van der Waals surface area contributed by atoms with Crippen molar-refractivity contribution in [3.63, 3.8) is 0 Å². The highest BCUT2D eigenvalue weighted by molar-refractivity contribution is 7.91. The van der Waals surface area contributed by atoms with E-state index in [0.29, 0.717) is 10.7 Å². The number of benzene rings is 1. The molecule has 0 saturated heterocycles. The number of nitrogens with one attached hydrogen (secondary N) is 1. The number of halogens is 2. The molecule has 0 aliphatic carbocycles. The Bertz CT molecular complexity index is 645. The van der Waals surface area contributed by atoms with Gasteiger partial charge in [-0.3, -0.25) is 5.43 Å². The van der Waals surface area contributed by atoms with E-state index in [1.807, 2.05) is 0 Å². The molecule has 0 aliphatic heterocycles. The van der Waals surface area contributed by atoms with Crippen LogP contribution in [0.5, 0.6) is 0 Å². The molecule has 9 heteroatoms. The van der Waals surface area contributed by atoms with Crippen LogP contribution in [0, 0.1) is 0 Å². The molecule has 0 aromatic heterocycles. The molecule has 0 radical (unpaired) electrons. The Morgan fingerprint density at radius 3 is 2.60 bits per heavy atom. The van der Waals surface area contributed by atoms with Gasteiger partial charge in [-0.2, -0.15) is 5.10 Å². The number of hydrogen-bond acceptors (Lipinski definition) is 4. The monoisotopic (exact) mass is 353 g/mol. The quantitative estimate of drug-likeness (QED) is 0.482. The lowest BCUT2D eigenvalue weighted by Gasteiger charge is -2.06. The summed E-state index contributed by atoms with van der Waals surface area (Å²) in [5, 5.41) is 4.38. The molecular formula is C11H13Cl2N3O2S2. The summed E-state index contributed by atoms with van der Waals surface area (Å²) in [4.78, 5) is 0.127. The van der Waals surface area contributed by atoms with Crippen LogP contribution in [0.1, 0.15) is 13.3 Å². The van der Waals surface area contributed by atoms with Crippen LogP contribution in [0.25, 0.3) is 0 Å².